The highest BCUT2D eigenvalue weighted by atomic mass is 16.5. The molecular weight excluding hydrogens is 262 g/mol. The minimum atomic E-state index is 0.284. The van der Waals surface area contributed by atoms with Crippen molar-refractivity contribution in [3.63, 3.8) is 0 Å². The summed E-state index contributed by atoms with van der Waals surface area (Å²) in [5.41, 5.74) is 1.20. The van der Waals surface area contributed by atoms with Crippen molar-refractivity contribution in [2.75, 3.05) is 14.2 Å². The largest absolute Gasteiger partial charge is 0.497 e. The quantitative estimate of drug-likeness (QED) is 0.883. The van der Waals surface area contributed by atoms with Gasteiger partial charge < -0.3 is 14.8 Å². The lowest BCUT2D eigenvalue weighted by atomic mass is 9.79. The molecule has 1 fully saturated rings. The monoisotopic (exact) mass is 291 g/mol. The van der Waals surface area contributed by atoms with Gasteiger partial charge in [-0.1, -0.05) is 19.9 Å². The van der Waals surface area contributed by atoms with Crippen molar-refractivity contribution in [2.45, 2.75) is 52.1 Å². The average molecular weight is 291 g/mol. The standard InChI is InChI=1S/C18H29NO2/c1-12-6-9-17(13(2)10-12)19-14(3)16-8-7-15(20-4)11-18(16)21-5/h7-8,11-14,17,19H,6,9-10H2,1-5H3. The van der Waals surface area contributed by atoms with Gasteiger partial charge in [0.15, 0.2) is 0 Å². The molecule has 3 nitrogen and oxygen atoms in total. The Labute approximate surface area is 129 Å². The third-order valence-corrected chi connectivity index (χ3v) is 4.80. The third-order valence-electron chi connectivity index (χ3n) is 4.80. The van der Waals surface area contributed by atoms with Gasteiger partial charge in [-0.3, -0.25) is 0 Å². The van der Waals surface area contributed by atoms with Crippen LogP contribution in [0, 0.1) is 11.8 Å². The number of ether oxygens (including phenoxy) is 2. The van der Waals surface area contributed by atoms with Gasteiger partial charge >= 0.3 is 0 Å². The molecule has 4 unspecified atom stereocenters. The smallest absolute Gasteiger partial charge is 0.127 e. The maximum Gasteiger partial charge on any atom is 0.127 e. The molecule has 21 heavy (non-hydrogen) atoms. The Morgan fingerprint density at radius 2 is 1.90 bits per heavy atom. The average Bonchev–Trinajstić information content (AvgIpc) is 2.49. The zero-order valence-electron chi connectivity index (χ0n) is 14.0. The number of rotatable bonds is 5. The van der Waals surface area contributed by atoms with Gasteiger partial charge in [0.2, 0.25) is 0 Å². The van der Waals surface area contributed by atoms with Gasteiger partial charge in [-0.05, 0) is 44.1 Å². The van der Waals surface area contributed by atoms with Crippen LogP contribution < -0.4 is 14.8 Å². The van der Waals surface area contributed by atoms with Crippen LogP contribution in [0.1, 0.15) is 51.6 Å². The van der Waals surface area contributed by atoms with E-state index in [0.29, 0.717) is 6.04 Å². The van der Waals surface area contributed by atoms with Crippen LogP contribution in [0.15, 0.2) is 18.2 Å². The fourth-order valence-electron chi connectivity index (χ4n) is 3.50. The van der Waals surface area contributed by atoms with Crippen LogP contribution in [-0.4, -0.2) is 20.3 Å². The predicted octanol–water partition coefficient (Wildman–Crippen LogP) is 4.18. The van der Waals surface area contributed by atoms with Crippen molar-refractivity contribution in [1.82, 2.24) is 5.32 Å². The number of hydrogen-bond donors (Lipinski definition) is 1. The fourth-order valence-corrected chi connectivity index (χ4v) is 3.50. The van der Waals surface area contributed by atoms with E-state index in [0.717, 1.165) is 23.3 Å². The highest BCUT2D eigenvalue weighted by molar-refractivity contribution is 5.42. The fraction of sp³-hybridized carbons (Fsp3) is 0.667. The SMILES string of the molecule is COc1ccc(C(C)NC2CCC(C)CC2C)c(OC)c1. The van der Waals surface area contributed by atoms with E-state index in [-0.39, 0.29) is 6.04 Å². The summed E-state index contributed by atoms with van der Waals surface area (Å²) >= 11 is 0. The Balaban J connectivity index is 2.07. The first kappa shape index (κ1) is 16.2. The molecule has 1 aromatic rings. The number of methoxy groups -OCH3 is 2. The first-order valence-corrected chi connectivity index (χ1v) is 8.03. The van der Waals surface area contributed by atoms with Crippen molar-refractivity contribution in [1.29, 1.82) is 0 Å². The third kappa shape index (κ3) is 3.91. The second kappa shape index (κ2) is 7.17. The molecular formula is C18H29NO2. The van der Waals surface area contributed by atoms with E-state index < -0.39 is 0 Å². The van der Waals surface area contributed by atoms with Crippen LogP contribution in [0.3, 0.4) is 0 Å². The first-order chi connectivity index (χ1) is 10.0. The molecule has 1 N–H and O–H groups in total. The van der Waals surface area contributed by atoms with E-state index in [9.17, 15) is 0 Å². The number of benzene rings is 1. The van der Waals surface area contributed by atoms with Crippen molar-refractivity contribution in [2.24, 2.45) is 11.8 Å². The van der Waals surface area contributed by atoms with Gasteiger partial charge in [0, 0.05) is 23.7 Å². The lowest BCUT2D eigenvalue weighted by Gasteiger charge is -2.35. The molecule has 3 heteroatoms. The van der Waals surface area contributed by atoms with E-state index >= 15 is 0 Å². The van der Waals surface area contributed by atoms with Gasteiger partial charge in [-0.25, -0.2) is 0 Å². The zero-order valence-corrected chi connectivity index (χ0v) is 14.0. The molecule has 0 aromatic heterocycles. The van der Waals surface area contributed by atoms with Crippen LogP contribution in [0.25, 0.3) is 0 Å². The summed E-state index contributed by atoms with van der Waals surface area (Å²) in [6.45, 7) is 6.95. The van der Waals surface area contributed by atoms with E-state index in [4.69, 9.17) is 9.47 Å². The minimum absolute atomic E-state index is 0.284. The molecule has 1 aliphatic carbocycles. The normalized spacial score (nSPS) is 27.2. The molecule has 0 spiro atoms. The number of nitrogens with one attached hydrogen (secondary N) is 1. The summed E-state index contributed by atoms with van der Waals surface area (Å²) in [6, 6.07) is 6.95. The van der Waals surface area contributed by atoms with Crippen LogP contribution in [-0.2, 0) is 0 Å². The maximum atomic E-state index is 5.52. The molecule has 2 rings (SSSR count). The van der Waals surface area contributed by atoms with E-state index in [1.807, 2.05) is 12.1 Å². The molecule has 0 heterocycles. The van der Waals surface area contributed by atoms with Crippen LogP contribution in [0.2, 0.25) is 0 Å². The molecule has 0 aliphatic heterocycles. The van der Waals surface area contributed by atoms with Crippen LogP contribution in [0.5, 0.6) is 11.5 Å². The summed E-state index contributed by atoms with van der Waals surface area (Å²) < 4.78 is 10.8. The van der Waals surface area contributed by atoms with Crippen LogP contribution in [0.4, 0.5) is 0 Å². The summed E-state index contributed by atoms with van der Waals surface area (Å²) in [5, 5.41) is 3.80. The van der Waals surface area contributed by atoms with Crippen molar-refractivity contribution in [3.8, 4) is 11.5 Å². The molecule has 1 saturated carbocycles. The predicted molar refractivity (Wildman–Crippen MR) is 87.1 cm³/mol. The molecule has 0 amide bonds. The van der Waals surface area contributed by atoms with Crippen molar-refractivity contribution in [3.05, 3.63) is 23.8 Å². The van der Waals surface area contributed by atoms with Gasteiger partial charge in [-0.15, -0.1) is 0 Å². The van der Waals surface area contributed by atoms with E-state index in [2.05, 4.69) is 32.2 Å². The zero-order chi connectivity index (χ0) is 15.4. The Hall–Kier alpha value is -1.22. The summed E-state index contributed by atoms with van der Waals surface area (Å²) in [6.07, 6.45) is 3.92. The van der Waals surface area contributed by atoms with Crippen molar-refractivity contribution < 1.29 is 9.47 Å². The highest BCUT2D eigenvalue weighted by Gasteiger charge is 2.27. The Morgan fingerprint density at radius 1 is 1.14 bits per heavy atom. The molecule has 1 aliphatic rings. The Kier molecular flexibility index (Phi) is 5.51. The molecule has 4 atom stereocenters. The van der Waals surface area contributed by atoms with E-state index in [1.54, 1.807) is 14.2 Å². The number of hydrogen-bond acceptors (Lipinski definition) is 3. The molecule has 0 bridgehead atoms. The summed E-state index contributed by atoms with van der Waals surface area (Å²) in [4.78, 5) is 0. The van der Waals surface area contributed by atoms with Gasteiger partial charge in [0.25, 0.3) is 0 Å². The first-order valence-electron chi connectivity index (χ1n) is 8.03. The lowest BCUT2D eigenvalue weighted by molar-refractivity contribution is 0.215. The van der Waals surface area contributed by atoms with Crippen LogP contribution >= 0.6 is 0 Å². The summed E-state index contributed by atoms with van der Waals surface area (Å²) in [5.74, 6) is 3.33. The topological polar surface area (TPSA) is 30.5 Å². The summed E-state index contributed by atoms with van der Waals surface area (Å²) in [7, 11) is 3.40. The van der Waals surface area contributed by atoms with Gasteiger partial charge in [0.05, 0.1) is 14.2 Å². The lowest BCUT2D eigenvalue weighted by Crippen LogP contribution is -2.40. The van der Waals surface area contributed by atoms with Crippen molar-refractivity contribution >= 4 is 0 Å². The Bertz CT molecular complexity index is 461. The molecule has 0 saturated heterocycles. The molecule has 118 valence electrons. The van der Waals surface area contributed by atoms with Gasteiger partial charge in [-0.2, -0.15) is 0 Å². The second-order valence-corrected chi connectivity index (χ2v) is 6.50. The highest BCUT2D eigenvalue weighted by Crippen LogP contribution is 2.33. The molecule has 0 radical (unpaired) electrons. The van der Waals surface area contributed by atoms with Gasteiger partial charge in [0.1, 0.15) is 11.5 Å². The van der Waals surface area contributed by atoms with E-state index in [1.165, 1.54) is 24.8 Å². The molecule has 1 aromatic carbocycles. The second-order valence-electron chi connectivity index (χ2n) is 6.50. The minimum Gasteiger partial charge on any atom is -0.497 e. The maximum absolute atomic E-state index is 5.52. The Morgan fingerprint density at radius 3 is 2.52 bits per heavy atom.